The van der Waals surface area contributed by atoms with Gasteiger partial charge in [0.15, 0.2) is 0 Å². The van der Waals surface area contributed by atoms with E-state index in [9.17, 15) is 4.79 Å². The van der Waals surface area contributed by atoms with E-state index in [0.29, 0.717) is 11.5 Å². The normalized spacial score (nSPS) is 22.0. The Hall–Kier alpha value is -2.02. The summed E-state index contributed by atoms with van der Waals surface area (Å²) in [4.78, 5) is 12.6. The van der Waals surface area contributed by atoms with E-state index in [4.69, 9.17) is 5.26 Å². The molecule has 0 aromatic heterocycles. The highest BCUT2D eigenvalue weighted by molar-refractivity contribution is 5.85. The van der Waals surface area contributed by atoms with Crippen LogP contribution in [0.4, 0.5) is 5.69 Å². The molecule has 4 heteroatoms. The van der Waals surface area contributed by atoms with Crippen molar-refractivity contribution in [3.8, 4) is 6.07 Å². The SMILES string of the molecule is CCC1(CC(C)C)CCN(c2cccc(C#N)c2)NC1=O. The average molecular weight is 285 g/mol. The summed E-state index contributed by atoms with van der Waals surface area (Å²) in [5, 5.41) is 10.8. The molecule has 1 unspecified atom stereocenters. The molecule has 1 heterocycles. The number of amides is 1. The average Bonchev–Trinajstić information content (AvgIpc) is 2.49. The van der Waals surface area contributed by atoms with Crippen LogP contribution >= 0.6 is 0 Å². The van der Waals surface area contributed by atoms with Crippen LogP contribution in [0, 0.1) is 22.7 Å². The molecular formula is C17H23N3O. The Kier molecular flexibility index (Phi) is 4.52. The maximum absolute atomic E-state index is 12.6. The number of hydrogen-bond acceptors (Lipinski definition) is 3. The first-order valence-corrected chi connectivity index (χ1v) is 7.59. The molecule has 0 spiro atoms. The summed E-state index contributed by atoms with van der Waals surface area (Å²) in [6.45, 7) is 7.19. The Morgan fingerprint density at radius 1 is 1.48 bits per heavy atom. The number of anilines is 1. The Balaban J connectivity index is 2.16. The highest BCUT2D eigenvalue weighted by Crippen LogP contribution is 2.37. The number of hydrogen-bond donors (Lipinski definition) is 1. The highest BCUT2D eigenvalue weighted by Gasteiger charge is 2.41. The molecule has 0 saturated carbocycles. The van der Waals surface area contributed by atoms with Crippen molar-refractivity contribution in [2.75, 3.05) is 11.6 Å². The lowest BCUT2D eigenvalue weighted by atomic mass is 9.73. The van der Waals surface area contributed by atoms with Gasteiger partial charge in [-0.3, -0.25) is 15.2 Å². The first-order valence-electron chi connectivity index (χ1n) is 7.59. The minimum atomic E-state index is -0.252. The number of carbonyl (C=O) groups is 1. The Morgan fingerprint density at radius 2 is 2.24 bits per heavy atom. The van der Waals surface area contributed by atoms with E-state index in [1.807, 2.05) is 23.2 Å². The van der Waals surface area contributed by atoms with Crippen molar-refractivity contribution >= 4 is 11.6 Å². The second kappa shape index (κ2) is 6.17. The lowest BCUT2D eigenvalue weighted by molar-refractivity contribution is -0.134. The maximum Gasteiger partial charge on any atom is 0.244 e. The number of carbonyl (C=O) groups excluding carboxylic acids is 1. The Labute approximate surface area is 126 Å². The standard InChI is InChI=1S/C17H23N3O/c1-4-17(11-13(2)3)8-9-20(19-16(17)21)15-7-5-6-14(10-15)12-18/h5-7,10,13H,4,8-9,11H2,1-3H3,(H,19,21). The molecule has 1 aliphatic rings. The molecule has 1 saturated heterocycles. The summed E-state index contributed by atoms with van der Waals surface area (Å²) in [5.74, 6) is 0.608. The van der Waals surface area contributed by atoms with Crippen LogP contribution in [0.1, 0.15) is 45.6 Å². The van der Waals surface area contributed by atoms with Gasteiger partial charge in [-0.25, -0.2) is 0 Å². The molecule has 1 aromatic rings. The summed E-state index contributed by atoms with van der Waals surface area (Å²) in [6.07, 6.45) is 2.63. The van der Waals surface area contributed by atoms with Crippen LogP contribution in [-0.2, 0) is 4.79 Å². The first kappa shape index (κ1) is 15.4. The predicted octanol–water partition coefficient (Wildman–Crippen LogP) is 3.24. The van der Waals surface area contributed by atoms with Gasteiger partial charge in [0, 0.05) is 6.54 Å². The van der Waals surface area contributed by atoms with Crippen molar-refractivity contribution in [1.82, 2.24) is 5.43 Å². The third-order valence-electron chi connectivity index (χ3n) is 4.29. The molecule has 1 atom stereocenters. The van der Waals surface area contributed by atoms with Crippen LogP contribution in [0.2, 0.25) is 0 Å². The lowest BCUT2D eigenvalue weighted by Gasteiger charge is -2.42. The fraction of sp³-hybridized carbons (Fsp3) is 0.529. The predicted molar refractivity (Wildman–Crippen MR) is 83.4 cm³/mol. The van der Waals surface area contributed by atoms with E-state index in [1.165, 1.54) is 0 Å². The first-order chi connectivity index (χ1) is 10.0. The fourth-order valence-electron chi connectivity index (χ4n) is 3.13. The van der Waals surface area contributed by atoms with Crippen molar-refractivity contribution in [3.63, 3.8) is 0 Å². The fourth-order valence-corrected chi connectivity index (χ4v) is 3.13. The molecule has 0 bridgehead atoms. The van der Waals surface area contributed by atoms with Crippen molar-refractivity contribution < 1.29 is 4.79 Å². The number of nitriles is 1. The Bertz CT molecular complexity index is 561. The summed E-state index contributed by atoms with van der Waals surface area (Å²) >= 11 is 0. The van der Waals surface area contributed by atoms with E-state index in [1.54, 1.807) is 6.07 Å². The van der Waals surface area contributed by atoms with E-state index in [2.05, 4.69) is 32.3 Å². The smallest absolute Gasteiger partial charge is 0.244 e. The van der Waals surface area contributed by atoms with Gasteiger partial charge in [-0.05, 0) is 43.4 Å². The van der Waals surface area contributed by atoms with Crippen LogP contribution in [0.25, 0.3) is 0 Å². The van der Waals surface area contributed by atoms with Gasteiger partial charge in [0.05, 0.1) is 22.7 Å². The zero-order valence-corrected chi connectivity index (χ0v) is 13.0. The van der Waals surface area contributed by atoms with Crippen LogP contribution in [0.5, 0.6) is 0 Å². The molecular weight excluding hydrogens is 262 g/mol. The summed E-state index contributed by atoms with van der Waals surface area (Å²) in [6, 6.07) is 9.47. The zero-order chi connectivity index (χ0) is 15.5. The van der Waals surface area contributed by atoms with Gasteiger partial charge in [0.25, 0.3) is 0 Å². The minimum absolute atomic E-state index is 0.104. The zero-order valence-electron chi connectivity index (χ0n) is 13.0. The van der Waals surface area contributed by atoms with E-state index in [-0.39, 0.29) is 11.3 Å². The van der Waals surface area contributed by atoms with Gasteiger partial charge >= 0.3 is 0 Å². The molecule has 4 nitrogen and oxygen atoms in total. The van der Waals surface area contributed by atoms with Crippen molar-refractivity contribution in [1.29, 1.82) is 5.26 Å². The number of hydrazine groups is 1. The highest BCUT2D eigenvalue weighted by atomic mass is 16.2. The monoisotopic (exact) mass is 285 g/mol. The maximum atomic E-state index is 12.6. The number of rotatable bonds is 4. The van der Waals surface area contributed by atoms with E-state index in [0.717, 1.165) is 31.5 Å². The summed E-state index contributed by atoms with van der Waals surface area (Å²) < 4.78 is 0. The van der Waals surface area contributed by atoms with Gasteiger partial charge in [-0.1, -0.05) is 26.8 Å². The summed E-state index contributed by atoms with van der Waals surface area (Å²) in [5.41, 5.74) is 4.24. The quantitative estimate of drug-likeness (QED) is 0.924. The largest absolute Gasteiger partial charge is 0.285 e. The number of nitrogens with one attached hydrogen (secondary N) is 1. The number of benzene rings is 1. The molecule has 1 aliphatic heterocycles. The van der Waals surface area contributed by atoms with Crippen molar-refractivity contribution in [2.24, 2.45) is 11.3 Å². The molecule has 21 heavy (non-hydrogen) atoms. The summed E-state index contributed by atoms with van der Waals surface area (Å²) in [7, 11) is 0. The molecule has 0 aliphatic carbocycles. The van der Waals surface area contributed by atoms with Crippen LogP contribution in [0.3, 0.4) is 0 Å². The molecule has 2 rings (SSSR count). The van der Waals surface area contributed by atoms with Crippen LogP contribution in [-0.4, -0.2) is 12.5 Å². The van der Waals surface area contributed by atoms with Crippen LogP contribution in [0.15, 0.2) is 24.3 Å². The second-order valence-corrected chi connectivity index (χ2v) is 6.24. The third kappa shape index (κ3) is 3.18. The van der Waals surface area contributed by atoms with Gasteiger partial charge < -0.3 is 0 Å². The topological polar surface area (TPSA) is 56.1 Å². The van der Waals surface area contributed by atoms with Gasteiger partial charge in [0.2, 0.25) is 5.91 Å². The minimum Gasteiger partial charge on any atom is -0.285 e. The number of nitrogens with zero attached hydrogens (tertiary/aromatic N) is 2. The molecule has 0 radical (unpaired) electrons. The molecule has 1 fully saturated rings. The molecule has 112 valence electrons. The molecule has 1 aromatic carbocycles. The van der Waals surface area contributed by atoms with Gasteiger partial charge in [-0.15, -0.1) is 0 Å². The second-order valence-electron chi connectivity index (χ2n) is 6.24. The Morgan fingerprint density at radius 3 is 2.81 bits per heavy atom. The third-order valence-corrected chi connectivity index (χ3v) is 4.29. The van der Waals surface area contributed by atoms with Gasteiger partial charge in [-0.2, -0.15) is 5.26 Å². The lowest BCUT2D eigenvalue weighted by Crippen LogP contribution is -2.56. The van der Waals surface area contributed by atoms with Crippen molar-refractivity contribution in [3.05, 3.63) is 29.8 Å². The molecule has 1 N–H and O–H groups in total. The molecule has 1 amide bonds. The van der Waals surface area contributed by atoms with E-state index < -0.39 is 0 Å². The van der Waals surface area contributed by atoms with Crippen LogP contribution < -0.4 is 10.4 Å². The van der Waals surface area contributed by atoms with Gasteiger partial charge in [0.1, 0.15) is 0 Å². The van der Waals surface area contributed by atoms with Crippen molar-refractivity contribution in [2.45, 2.75) is 40.0 Å². The van der Waals surface area contributed by atoms with E-state index >= 15 is 0 Å².